The van der Waals surface area contributed by atoms with Crippen LogP contribution >= 0.6 is 0 Å². The van der Waals surface area contributed by atoms with Crippen LogP contribution in [0.2, 0.25) is 0 Å². The molecular formula is C16H16O4. The summed E-state index contributed by atoms with van der Waals surface area (Å²) in [5.74, 6) is -0.345. The molecule has 2 aromatic carbocycles. The van der Waals surface area contributed by atoms with E-state index in [1.165, 1.54) is 0 Å². The van der Waals surface area contributed by atoms with Gasteiger partial charge in [0.15, 0.2) is 0 Å². The number of aliphatic hydroxyl groups excluding tert-OH is 1. The van der Waals surface area contributed by atoms with Crippen molar-refractivity contribution in [1.29, 1.82) is 0 Å². The number of benzene rings is 2. The lowest BCUT2D eigenvalue weighted by atomic mass is 10.1. The standard InChI is InChI=1S/C16H16O4/c17-15(10-16(18)19)13-6-8-14(9-7-13)20-11-12-4-2-1-3-5-12/h1-9,15,17H,10-11H2,(H,18,19)/t15-/m0/s1. The van der Waals surface area contributed by atoms with E-state index in [4.69, 9.17) is 9.84 Å². The molecule has 2 rings (SSSR count). The molecule has 0 aliphatic rings. The van der Waals surface area contributed by atoms with Crippen molar-refractivity contribution in [2.75, 3.05) is 0 Å². The maximum atomic E-state index is 10.5. The molecule has 0 heterocycles. The Morgan fingerprint density at radius 3 is 2.30 bits per heavy atom. The highest BCUT2D eigenvalue weighted by Gasteiger charge is 2.11. The number of hydrogen-bond donors (Lipinski definition) is 2. The third kappa shape index (κ3) is 4.10. The van der Waals surface area contributed by atoms with Gasteiger partial charge in [-0.2, -0.15) is 0 Å². The van der Waals surface area contributed by atoms with E-state index in [-0.39, 0.29) is 6.42 Å². The Morgan fingerprint density at radius 1 is 1.05 bits per heavy atom. The molecule has 2 N–H and O–H groups in total. The zero-order chi connectivity index (χ0) is 14.4. The van der Waals surface area contributed by atoms with Crippen LogP contribution in [0.3, 0.4) is 0 Å². The first-order valence-corrected chi connectivity index (χ1v) is 6.31. The molecule has 0 saturated carbocycles. The maximum Gasteiger partial charge on any atom is 0.306 e. The third-order valence-corrected chi connectivity index (χ3v) is 2.88. The van der Waals surface area contributed by atoms with E-state index < -0.39 is 12.1 Å². The fourth-order valence-corrected chi connectivity index (χ4v) is 1.81. The summed E-state index contributed by atoms with van der Waals surface area (Å²) in [7, 11) is 0. The Kier molecular flexibility index (Phi) is 4.74. The number of rotatable bonds is 6. The lowest BCUT2D eigenvalue weighted by Gasteiger charge is -2.10. The van der Waals surface area contributed by atoms with Crippen molar-refractivity contribution < 1.29 is 19.7 Å². The number of aliphatic carboxylic acids is 1. The highest BCUT2D eigenvalue weighted by Crippen LogP contribution is 2.20. The molecular weight excluding hydrogens is 256 g/mol. The van der Waals surface area contributed by atoms with Crippen LogP contribution in [-0.4, -0.2) is 16.2 Å². The Morgan fingerprint density at radius 2 is 1.70 bits per heavy atom. The zero-order valence-corrected chi connectivity index (χ0v) is 10.9. The molecule has 0 unspecified atom stereocenters. The fraction of sp³-hybridized carbons (Fsp3) is 0.188. The SMILES string of the molecule is O=C(O)C[C@H](O)c1ccc(OCc2ccccc2)cc1. The largest absolute Gasteiger partial charge is 0.489 e. The molecule has 0 radical (unpaired) electrons. The predicted molar refractivity (Wildman–Crippen MR) is 74.4 cm³/mol. The summed E-state index contributed by atoms with van der Waals surface area (Å²) in [4.78, 5) is 10.5. The lowest BCUT2D eigenvalue weighted by molar-refractivity contribution is -0.139. The smallest absolute Gasteiger partial charge is 0.306 e. The third-order valence-electron chi connectivity index (χ3n) is 2.88. The van der Waals surface area contributed by atoms with E-state index >= 15 is 0 Å². The van der Waals surface area contributed by atoms with Crippen molar-refractivity contribution in [3.05, 3.63) is 65.7 Å². The van der Waals surface area contributed by atoms with Gasteiger partial charge in [0.2, 0.25) is 0 Å². The van der Waals surface area contributed by atoms with Crippen LogP contribution in [0.4, 0.5) is 0 Å². The van der Waals surface area contributed by atoms with Gasteiger partial charge in [-0.15, -0.1) is 0 Å². The van der Waals surface area contributed by atoms with Gasteiger partial charge in [-0.25, -0.2) is 0 Å². The molecule has 0 aliphatic heterocycles. The van der Waals surface area contributed by atoms with Crippen molar-refractivity contribution in [1.82, 2.24) is 0 Å². The average molecular weight is 272 g/mol. The Bertz CT molecular complexity index is 548. The Labute approximate surface area is 117 Å². The molecule has 0 aliphatic carbocycles. The number of ether oxygens (including phenoxy) is 1. The monoisotopic (exact) mass is 272 g/mol. The molecule has 0 saturated heterocycles. The van der Waals surface area contributed by atoms with Gasteiger partial charge in [0.25, 0.3) is 0 Å². The number of carbonyl (C=O) groups is 1. The molecule has 104 valence electrons. The Hall–Kier alpha value is -2.33. The minimum atomic E-state index is -1.03. The van der Waals surface area contributed by atoms with E-state index in [9.17, 15) is 9.90 Å². The van der Waals surface area contributed by atoms with E-state index in [0.29, 0.717) is 17.9 Å². The van der Waals surface area contributed by atoms with E-state index in [0.717, 1.165) is 5.56 Å². The van der Waals surface area contributed by atoms with Gasteiger partial charge >= 0.3 is 5.97 Å². The zero-order valence-electron chi connectivity index (χ0n) is 10.9. The summed E-state index contributed by atoms with van der Waals surface area (Å²) in [6, 6.07) is 16.6. The first-order valence-electron chi connectivity index (χ1n) is 6.31. The number of hydrogen-bond acceptors (Lipinski definition) is 3. The lowest BCUT2D eigenvalue weighted by Crippen LogP contribution is -2.05. The van der Waals surface area contributed by atoms with Crippen molar-refractivity contribution >= 4 is 5.97 Å². The normalized spacial score (nSPS) is 11.8. The van der Waals surface area contributed by atoms with E-state index in [2.05, 4.69) is 0 Å². The van der Waals surface area contributed by atoms with Crippen molar-refractivity contribution in [2.45, 2.75) is 19.1 Å². The van der Waals surface area contributed by atoms with Crippen LogP contribution in [0, 0.1) is 0 Å². The minimum absolute atomic E-state index is 0.301. The second-order valence-corrected chi connectivity index (χ2v) is 4.46. The van der Waals surface area contributed by atoms with Gasteiger partial charge in [-0.05, 0) is 23.3 Å². The summed E-state index contributed by atoms with van der Waals surface area (Å²) >= 11 is 0. The van der Waals surface area contributed by atoms with Crippen LogP contribution in [-0.2, 0) is 11.4 Å². The molecule has 0 amide bonds. The summed E-state index contributed by atoms with van der Waals surface area (Å²) in [6.45, 7) is 0.470. The fourth-order valence-electron chi connectivity index (χ4n) is 1.81. The van der Waals surface area contributed by atoms with Crippen molar-refractivity contribution in [3.8, 4) is 5.75 Å². The first kappa shape index (κ1) is 14.1. The average Bonchev–Trinajstić information content (AvgIpc) is 2.46. The molecule has 0 aromatic heterocycles. The predicted octanol–water partition coefficient (Wildman–Crippen LogP) is 2.77. The molecule has 1 atom stereocenters. The summed E-state index contributed by atoms with van der Waals surface area (Å²) in [6.07, 6.45) is -1.29. The second kappa shape index (κ2) is 6.73. The van der Waals surface area contributed by atoms with Crippen LogP contribution in [0.5, 0.6) is 5.75 Å². The molecule has 20 heavy (non-hydrogen) atoms. The molecule has 0 fully saturated rings. The molecule has 2 aromatic rings. The van der Waals surface area contributed by atoms with Crippen molar-refractivity contribution in [3.63, 3.8) is 0 Å². The number of carboxylic acid groups (broad SMARTS) is 1. The molecule has 4 heteroatoms. The van der Waals surface area contributed by atoms with Gasteiger partial charge in [0, 0.05) is 0 Å². The minimum Gasteiger partial charge on any atom is -0.489 e. The second-order valence-electron chi connectivity index (χ2n) is 4.46. The number of aliphatic hydroxyl groups is 1. The van der Waals surface area contributed by atoms with Gasteiger partial charge in [0.1, 0.15) is 12.4 Å². The highest BCUT2D eigenvalue weighted by molar-refractivity contribution is 5.67. The number of carboxylic acids is 1. The Balaban J connectivity index is 1.93. The van der Waals surface area contributed by atoms with Crippen LogP contribution in [0.1, 0.15) is 23.7 Å². The first-order chi connectivity index (χ1) is 9.65. The van der Waals surface area contributed by atoms with Crippen molar-refractivity contribution in [2.24, 2.45) is 0 Å². The van der Waals surface area contributed by atoms with Gasteiger partial charge in [-0.1, -0.05) is 42.5 Å². The molecule has 0 spiro atoms. The summed E-state index contributed by atoms with van der Waals surface area (Å²) in [5, 5.41) is 18.3. The summed E-state index contributed by atoms with van der Waals surface area (Å²) in [5.41, 5.74) is 1.64. The maximum absolute atomic E-state index is 10.5. The molecule has 4 nitrogen and oxygen atoms in total. The van der Waals surface area contributed by atoms with E-state index in [1.54, 1.807) is 24.3 Å². The molecule has 0 bridgehead atoms. The van der Waals surface area contributed by atoms with Crippen LogP contribution in [0.15, 0.2) is 54.6 Å². The van der Waals surface area contributed by atoms with E-state index in [1.807, 2.05) is 30.3 Å². The highest BCUT2D eigenvalue weighted by atomic mass is 16.5. The topological polar surface area (TPSA) is 66.8 Å². The van der Waals surface area contributed by atoms with Crippen LogP contribution < -0.4 is 4.74 Å². The quantitative estimate of drug-likeness (QED) is 0.848. The van der Waals surface area contributed by atoms with Gasteiger partial charge < -0.3 is 14.9 Å². The van der Waals surface area contributed by atoms with Crippen LogP contribution in [0.25, 0.3) is 0 Å². The van der Waals surface area contributed by atoms with Gasteiger partial charge in [0.05, 0.1) is 12.5 Å². The van der Waals surface area contributed by atoms with Gasteiger partial charge in [-0.3, -0.25) is 4.79 Å². The summed E-state index contributed by atoms with van der Waals surface area (Å²) < 4.78 is 5.61.